The number of carbonyl (C=O) groups is 2. The molecule has 0 spiro atoms. The van der Waals surface area contributed by atoms with Gasteiger partial charge in [-0.2, -0.15) is 0 Å². The third kappa shape index (κ3) is 5.61. The molecule has 0 unspecified atom stereocenters. The zero-order valence-corrected chi connectivity index (χ0v) is 16.4. The number of likely N-dealkylation sites (N-methyl/N-ethyl adjacent to an activating group) is 1. The number of carbonyl (C=O) groups excluding carboxylic acids is 2. The Hall–Kier alpha value is -2.31. The van der Waals surface area contributed by atoms with E-state index in [2.05, 4.69) is 10.6 Å². The normalized spacial score (nSPS) is 10.7. The number of benzene rings is 2. The Labute approximate surface area is 159 Å². The van der Waals surface area contributed by atoms with Crippen molar-refractivity contribution in [1.82, 2.24) is 4.90 Å². The smallest absolute Gasteiger partial charge is 0.238 e. The van der Waals surface area contributed by atoms with Gasteiger partial charge in [-0.15, -0.1) is 11.8 Å². The molecule has 26 heavy (non-hydrogen) atoms. The zero-order chi connectivity index (χ0) is 19.1. The summed E-state index contributed by atoms with van der Waals surface area (Å²) in [5.74, 6) is -0.281. The third-order valence-corrected chi connectivity index (χ3v) is 4.75. The number of nitrogens with zero attached hydrogens (tertiary/aromatic N) is 1. The Balaban J connectivity index is 1.88. The van der Waals surface area contributed by atoms with Crippen molar-refractivity contribution in [2.24, 2.45) is 0 Å². The molecule has 5 nitrogen and oxygen atoms in total. The highest BCUT2D eigenvalue weighted by atomic mass is 32.2. The van der Waals surface area contributed by atoms with Crippen LogP contribution in [0.3, 0.4) is 0 Å². The predicted octanol–water partition coefficient (Wildman–Crippen LogP) is 3.53. The number of amides is 2. The standard InChI is InChI=1S/C20H25N3O2S/c1-14-8-7-9-15(2)20(14)22-19(25)13-23(3)12-18(24)21-16-10-5-6-11-17(16)26-4/h5-11H,12-13H2,1-4H3,(H,21,24)(H,22,25). The average Bonchev–Trinajstić information content (AvgIpc) is 2.58. The molecule has 6 heteroatoms. The van der Waals surface area contributed by atoms with Gasteiger partial charge in [0.25, 0.3) is 0 Å². The number of hydrogen-bond acceptors (Lipinski definition) is 4. The molecule has 0 fully saturated rings. The lowest BCUT2D eigenvalue weighted by Gasteiger charge is -2.18. The lowest BCUT2D eigenvalue weighted by atomic mass is 10.1. The van der Waals surface area contributed by atoms with E-state index in [1.807, 2.05) is 62.6 Å². The van der Waals surface area contributed by atoms with Crippen molar-refractivity contribution in [3.05, 3.63) is 53.6 Å². The Morgan fingerprint density at radius 1 is 0.923 bits per heavy atom. The molecular weight excluding hydrogens is 346 g/mol. The molecule has 0 heterocycles. The number of rotatable bonds is 7. The van der Waals surface area contributed by atoms with Gasteiger partial charge in [-0.1, -0.05) is 30.3 Å². The van der Waals surface area contributed by atoms with Gasteiger partial charge in [0, 0.05) is 10.6 Å². The van der Waals surface area contributed by atoms with E-state index in [-0.39, 0.29) is 24.9 Å². The molecule has 0 saturated heterocycles. The van der Waals surface area contributed by atoms with Gasteiger partial charge >= 0.3 is 0 Å². The van der Waals surface area contributed by atoms with Crippen LogP contribution in [0.25, 0.3) is 0 Å². The molecule has 0 atom stereocenters. The van der Waals surface area contributed by atoms with Crippen LogP contribution in [0.15, 0.2) is 47.4 Å². The number of para-hydroxylation sites is 2. The SMILES string of the molecule is CSc1ccccc1NC(=O)CN(C)CC(=O)Nc1c(C)cccc1C. The molecule has 0 radical (unpaired) electrons. The second-order valence-corrected chi connectivity index (χ2v) is 7.08. The Morgan fingerprint density at radius 3 is 2.12 bits per heavy atom. The molecule has 2 aromatic carbocycles. The summed E-state index contributed by atoms with van der Waals surface area (Å²) in [5, 5.41) is 5.84. The second kappa shape index (κ2) is 9.40. The lowest BCUT2D eigenvalue weighted by Crippen LogP contribution is -2.36. The summed E-state index contributed by atoms with van der Waals surface area (Å²) in [6.07, 6.45) is 1.97. The Morgan fingerprint density at radius 2 is 1.50 bits per heavy atom. The van der Waals surface area contributed by atoms with Crippen LogP contribution in [0.4, 0.5) is 11.4 Å². The third-order valence-electron chi connectivity index (χ3n) is 3.95. The fourth-order valence-electron chi connectivity index (χ4n) is 2.67. The first-order valence-electron chi connectivity index (χ1n) is 8.38. The van der Waals surface area contributed by atoms with Gasteiger partial charge < -0.3 is 10.6 Å². The van der Waals surface area contributed by atoms with Crippen LogP contribution < -0.4 is 10.6 Å². The molecule has 2 aromatic rings. The van der Waals surface area contributed by atoms with Crippen molar-refractivity contribution >= 4 is 35.0 Å². The summed E-state index contributed by atoms with van der Waals surface area (Å²) in [6.45, 7) is 4.21. The first-order chi connectivity index (χ1) is 12.4. The molecular formula is C20H25N3O2S. The van der Waals surface area contributed by atoms with Crippen molar-refractivity contribution < 1.29 is 9.59 Å². The molecule has 0 bridgehead atoms. The predicted molar refractivity (Wildman–Crippen MR) is 109 cm³/mol. The molecule has 2 N–H and O–H groups in total. The summed E-state index contributed by atoms with van der Waals surface area (Å²) in [4.78, 5) is 27.2. The van der Waals surface area contributed by atoms with E-state index in [4.69, 9.17) is 0 Å². The van der Waals surface area contributed by atoms with E-state index in [0.717, 1.165) is 27.4 Å². The first kappa shape index (κ1) is 20.0. The summed E-state index contributed by atoms with van der Waals surface area (Å²) in [7, 11) is 1.75. The molecule has 2 amide bonds. The van der Waals surface area contributed by atoms with E-state index >= 15 is 0 Å². The molecule has 0 saturated carbocycles. The summed E-state index contributed by atoms with van der Waals surface area (Å²) < 4.78 is 0. The lowest BCUT2D eigenvalue weighted by molar-refractivity contribution is -0.119. The van der Waals surface area contributed by atoms with Crippen molar-refractivity contribution in [2.45, 2.75) is 18.7 Å². The number of thioether (sulfide) groups is 1. The quantitative estimate of drug-likeness (QED) is 0.731. The number of aryl methyl sites for hydroxylation is 2. The van der Waals surface area contributed by atoms with E-state index in [1.165, 1.54) is 0 Å². The molecule has 138 valence electrons. The van der Waals surface area contributed by atoms with Crippen molar-refractivity contribution in [2.75, 3.05) is 37.0 Å². The van der Waals surface area contributed by atoms with Crippen LogP contribution >= 0.6 is 11.8 Å². The first-order valence-corrected chi connectivity index (χ1v) is 9.60. The van der Waals surface area contributed by atoms with Crippen LogP contribution in [-0.4, -0.2) is 43.1 Å². The van der Waals surface area contributed by atoms with E-state index in [9.17, 15) is 9.59 Å². The van der Waals surface area contributed by atoms with E-state index in [1.54, 1.807) is 23.7 Å². The average molecular weight is 372 g/mol. The zero-order valence-electron chi connectivity index (χ0n) is 15.6. The van der Waals surface area contributed by atoms with E-state index < -0.39 is 0 Å². The fraction of sp³-hybridized carbons (Fsp3) is 0.300. The minimum absolute atomic E-state index is 0.137. The summed E-state index contributed by atoms with van der Waals surface area (Å²) in [6, 6.07) is 13.5. The molecule has 0 aliphatic rings. The molecule has 2 rings (SSSR count). The molecule has 0 aromatic heterocycles. The highest BCUT2D eigenvalue weighted by Crippen LogP contribution is 2.24. The summed E-state index contributed by atoms with van der Waals surface area (Å²) >= 11 is 1.58. The van der Waals surface area contributed by atoms with Crippen LogP contribution in [0.2, 0.25) is 0 Å². The van der Waals surface area contributed by atoms with Gasteiger partial charge in [0.1, 0.15) is 0 Å². The van der Waals surface area contributed by atoms with Gasteiger partial charge in [-0.3, -0.25) is 14.5 Å². The maximum atomic E-state index is 12.3. The van der Waals surface area contributed by atoms with Gasteiger partial charge in [-0.25, -0.2) is 0 Å². The number of anilines is 2. The highest BCUT2D eigenvalue weighted by molar-refractivity contribution is 7.98. The Kier molecular flexibility index (Phi) is 7.24. The summed E-state index contributed by atoms with van der Waals surface area (Å²) in [5.41, 5.74) is 3.67. The van der Waals surface area contributed by atoms with Gasteiger partial charge in [-0.05, 0) is 50.4 Å². The second-order valence-electron chi connectivity index (χ2n) is 6.24. The number of nitrogens with one attached hydrogen (secondary N) is 2. The largest absolute Gasteiger partial charge is 0.324 e. The van der Waals surface area contributed by atoms with Crippen molar-refractivity contribution in [1.29, 1.82) is 0 Å². The maximum Gasteiger partial charge on any atom is 0.238 e. The molecule has 0 aliphatic heterocycles. The highest BCUT2D eigenvalue weighted by Gasteiger charge is 2.13. The molecule has 0 aliphatic carbocycles. The number of hydrogen-bond donors (Lipinski definition) is 2. The maximum absolute atomic E-state index is 12.3. The van der Waals surface area contributed by atoms with Crippen LogP contribution in [0.5, 0.6) is 0 Å². The van der Waals surface area contributed by atoms with Crippen molar-refractivity contribution in [3.8, 4) is 0 Å². The topological polar surface area (TPSA) is 61.4 Å². The fourth-order valence-corrected chi connectivity index (χ4v) is 3.23. The van der Waals surface area contributed by atoms with Crippen molar-refractivity contribution in [3.63, 3.8) is 0 Å². The van der Waals surface area contributed by atoms with Gasteiger partial charge in [0.2, 0.25) is 11.8 Å². The van der Waals surface area contributed by atoms with Crippen LogP contribution in [0.1, 0.15) is 11.1 Å². The van der Waals surface area contributed by atoms with Gasteiger partial charge in [0.05, 0.1) is 18.8 Å². The minimum Gasteiger partial charge on any atom is -0.324 e. The van der Waals surface area contributed by atoms with Crippen LogP contribution in [0, 0.1) is 13.8 Å². The van der Waals surface area contributed by atoms with E-state index in [0.29, 0.717) is 0 Å². The van der Waals surface area contributed by atoms with Crippen LogP contribution in [-0.2, 0) is 9.59 Å². The monoisotopic (exact) mass is 371 g/mol. The van der Waals surface area contributed by atoms with Gasteiger partial charge in [0.15, 0.2) is 0 Å². The minimum atomic E-state index is -0.145. The Bertz CT molecular complexity index is 772.